The minimum absolute atomic E-state index is 0.0299. The zero-order valence-corrected chi connectivity index (χ0v) is 12.9. The van der Waals surface area contributed by atoms with Gasteiger partial charge >= 0.3 is 5.97 Å². The standard InChI is InChI=1S/C14H18BrNO3/c1-9-4-5-10(15)6-11(9)16-12(17)7-14(2,3)8-13(18)19/h4-6H,7-8H2,1-3H3,(H,16,17)(H,18,19). The number of hydrogen-bond acceptors (Lipinski definition) is 2. The second-order valence-corrected chi connectivity index (χ2v) is 6.33. The quantitative estimate of drug-likeness (QED) is 0.868. The summed E-state index contributed by atoms with van der Waals surface area (Å²) in [6.45, 7) is 5.45. The zero-order chi connectivity index (χ0) is 14.6. The number of carboxylic acid groups (broad SMARTS) is 1. The lowest BCUT2D eigenvalue weighted by Crippen LogP contribution is -2.25. The highest BCUT2D eigenvalue weighted by atomic mass is 79.9. The molecule has 0 spiro atoms. The average molecular weight is 328 g/mol. The number of benzene rings is 1. The number of hydrogen-bond donors (Lipinski definition) is 2. The van der Waals surface area contributed by atoms with Crippen molar-refractivity contribution >= 4 is 33.5 Å². The Labute approximate surface area is 121 Å². The van der Waals surface area contributed by atoms with Crippen LogP contribution in [-0.2, 0) is 9.59 Å². The average Bonchev–Trinajstić information content (AvgIpc) is 2.20. The molecule has 0 heterocycles. The molecule has 0 aliphatic heterocycles. The van der Waals surface area contributed by atoms with Gasteiger partial charge in [-0.1, -0.05) is 35.8 Å². The molecule has 0 aliphatic rings. The summed E-state index contributed by atoms with van der Waals surface area (Å²) in [6, 6.07) is 5.64. The maximum Gasteiger partial charge on any atom is 0.303 e. The van der Waals surface area contributed by atoms with E-state index in [2.05, 4.69) is 21.2 Å². The normalized spacial score (nSPS) is 11.2. The number of carboxylic acids is 1. The van der Waals surface area contributed by atoms with Crippen LogP contribution in [0.25, 0.3) is 0 Å². The van der Waals surface area contributed by atoms with Gasteiger partial charge in [-0.3, -0.25) is 9.59 Å². The Morgan fingerprint density at radius 3 is 2.53 bits per heavy atom. The number of anilines is 1. The molecule has 1 rings (SSSR count). The smallest absolute Gasteiger partial charge is 0.303 e. The molecule has 0 radical (unpaired) electrons. The molecule has 0 aliphatic carbocycles. The van der Waals surface area contributed by atoms with E-state index >= 15 is 0 Å². The lowest BCUT2D eigenvalue weighted by atomic mass is 9.85. The Morgan fingerprint density at radius 2 is 1.95 bits per heavy atom. The number of nitrogens with one attached hydrogen (secondary N) is 1. The number of aliphatic carboxylic acids is 1. The Morgan fingerprint density at radius 1 is 1.32 bits per heavy atom. The summed E-state index contributed by atoms with van der Waals surface area (Å²) >= 11 is 3.35. The van der Waals surface area contributed by atoms with Crippen molar-refractivity contribution in [3.63, 3.8) is 0 Å². The topological polar surface area (TPSA) is 66.4 Å². The molecule has 104 valence electrons. The van der Waals surface area contributed by atoms with Crippen LogP contribution in [0.5, 0.6) is 0 Å². The Balaban J connectivity index is 2.70. The third-order valence-electron chi connectivity index (χ3n) is 2.74. The van der Waals surface area contributed by atoms with Crippen LogP contribution in [0, 0.1) is 12.3 Å². The van der Waals surface area contributed by atoms with Crippen molar-refractivity contribution < 1.29 is 14.7 Å². The molecule has 4 nitrogen and oxygen atoms in total. The highest BCUT2D eigenvalue weighted by Gasteiger charge is 2.25. The van der Waals surface area contributed by atoms with E-state index in [9.17, 15) is 9.59 Å². The van der Waals surface area contributed by atoms with E-state index < -0.39 is 11.4 Å². The van der Waals surface area contributed by atoms with Gasteiger partial charge in [0.15, 0.2) is 0 Å². The van der Waals surface area contributed by atoms with Crippen LogP contribution in [0.1, 0.15) is 32.3 Å². The van der Waals surface area contributed by atoms with E-state index in [0.29, 0.717) is 0 Å². The molecule has 0 bridgehead atoms. The molecule has 2 N–H and O–H groups in total. The zero-order valence-electron chi connectivity index (χ0n) is 11.3. The van der Waals surface area contributed by atoms with Gasteiger partial charge < -0.3 is 10.4 Å². The van der Waals surface area contributed by atoms with Gasteiger partial charge in [-0.25, -0.2) is 0 Å². The van der Waals surface area contributed by atoms with Crippen LogP contribution >= 0.6 is 15.9 Å². The number of aryl methyl sites for hydroxylation is 1. The van der Waals surface area contributed by atoms with Crippen LogP contribution in [0.15, 0.2) is 22.7 Å². The van der Waals surface area contributed by atoms with E-state index in [1.165, 1.54) is 0 Å². The molecule has 1 aromatic rings. The second kappa shape index (κ2) is 6.19. The fraction of sp³-hybridized carbons (Fsp3) is 0.429. The van der Waals surface area contributed by atoms with Crippen molar-refractivity contribution in [1.29, 1.82) is 0 Å². The molecule has 19 heavy (non-hydrogen) atoms. The molecule has 0 atom stereocenters. The molecule has 0 saturated carbocycles. The van der Waals surface area contributed by atoms with Crippen LogP contribution in [0.2, 0.25) is 0 Å². The van der Waals surface area contributed by atoms with Crippen molar-refractivity contribution in [2.45, 2.75) is 33.6 Å². The largest absolute Gasteiger partial charge is 0.481 e. The minimum Gasteiger partial charge on any atom is -0.481 e. The molecule has 0 unspecified atom stereocenters. The summed E-state index contributed by atoms with van der Waals surface area (Å²) in [5, 5.41) is 11.6. The van der Waals surface area contributed by atoms with Crippen LogP contribution in [-0.4, -0.2) is 17.0 Å². The highest BCUT2D eigenvalue weighted by Crippen LogP contribution is 2.27. The fourth-order valence-electron chi connectivity index (χ4n) is 1.83. The molecule has 1 amide bonds. The molecule has 0 fully saturated rings. The van der Waals surface area contributed by atoms with Crippen molar-refractivity contribution in [1.82, 2.24) is 0 Å². The number of carbonyl (C=O) groups is 2. The predicted molar refractivity (Wildman–Crippen MR) is 78.2 cm³/mol. The monoisotopic (exact) mass is 327 g/mol. The summed E-state index contributed by atoms with van der Waals surface area (Å²) in [5.74, 6) is -1.07. The summed E-state index contributed by atoms with van der Waals surface area (Å²) in [7, 11) is 0. The second-order valence-electron chi connectivity index (χ2n) is 5.42. The minimum atomic E-state index is -0.892. The van der Waals surface area contributed by atoms with Gasteiger partial charge in [-0.2, -0.15) is 0 Å². The van der Waals surface area contributed by atoms with Crippen molar-refractivity contribution in [3.8, 4) is 0 Å². The predicted octanol–water partition coefficient (Wildman–Crippen LogP) is 3.59. The van der Waals surface area contributed by atoms with Gasteiger partial charge in [0.1, 0.15) is 0 Å². The third-order valence-corrected chi connectivity index (χ3v) is 3.24. The SMILES string of the molecule is Cc1ccc(Br)cc1NC(=O)CC(C)(C)CC(=O)O. The first kappa shape index (κ1) is 15.7. The molecule has 5 heteroatoms. The molecule has 1 aromatic carbocycles. The Hall–Kier alpha value is -1.36. The van der Waals surface area contributed by atoms with Crippen LogP contribution < -0.4 is 5.32 Å². The first-order chi connectivity index (χ1) is 8.69. The number of rotatable bonds is 5. The summed E-state index contributed by atoms with van der Waals surface area (Å²) in [6.07, 6.45) is 0.142. The molecule has 0 aromatic heterocycles. The van der Waals surface area contributed by atoms with Crippen LogP contribution in [0.4, 0.5) is 5.69 Å². The van der Waals surface area contributed by atoms with Crippen LogP contribution in [0.3, 0.4) is 0 Å². The number of amides is 1. The highest BCUT2D eigenvalue weighted by molar-refractivity contribution is 9.10. The molecular formula is C14H18BrNO3. The lowest BCUT2D eigenvalue weighted by molar-refractivity contribution is -0.139. The van der Waals surface area contributed by atoms with Gasteiger partial charge in [-0.15, -0.1) is 0 Å². The summed E-state index contributed by atoms with van der Waals surface area (Å²) in [4.78, 5) is 22.7. The summed E-state index contributed by atoms with van der Waals surface area (Å²) < 4.78 is 0.887. The molecule has 0 saturated heterocycles. The number of halogens is 1. The molecular weight excluding hydrogens is 310 g/mol. The van der Waals surface area contributed by atoms with Crippen molar-refractivity contribution in [2.24, 2.45) is 5.41 Å². The van der Waals surface area contributed by atoms with Gasteiger partial charge in [0.2, 0.25) is 5.91 Å². The van der Waals surface area contributed by atoms with E-state index in [-0.39, 0.29) is 18.7 Å². The third kappa shape index (κ3) is 5.42. The maximum absolute atomic E-state index is 12.0. The van der Waals surface area contributed by atoms with E-state index in [1.54, 1.807) is 13.8 Å². The fourth-order valence-corrected chi connectivity index (χ4v) is 2.19. The van der Waals surface area contributed by atoms with E-state index in [0.717, 1.165) is 15.7 Å². The summed E-state index contributed by atoms with van der Waals surface area (Å²) in [5.41, 5.74) is 1.15. The van der Waals surface area contributed by atoms with Gasteiger partial charge in [-0.05, 0) is 30.0 Å². The van der Waals surface area contributed by atoms with Crippen molar-refractivity contribution in [3.05, 3.63) is 28.2 Å². The Bertz CT molecular complexity index is 497. The van der Waals surface area contributed by atoms with E-state index in [4.69, 9.17) is 5.11 Å². The van der Waals surface area contributed by atoms with Gasteiger partial charge in [0.05, 0.1) is 6.42 Å². The maximum atomic E-state index is 12.0. The Kier molecular flexibility index (Phi) is 5.11. The number of carbonyl (C=O) groups excluding carboxylic acids is 1. The van der Waals surface area contributed by atoms with Crippen molar-refractivity contribution in [2.75, 3.05) is 5.32 Å². The first-order valence-corrected chi connectivity index (χ1v) is 6.77. The van der Waals surface area contributed by atoms with Gasteiger partial charge in [0, 0.05) is 16.6 Å². The first-order valence-electron chi connectivity index (χ1n) is 5.97. The lowest BCUT2D eigenvalue weighted by Gasteiger charge is -2.21. The van der Waals surface area contributed by atoms with Gasteiger partial charge in [0.25, 0.3) is 0 Å². The van der Waals surface area contributed by atoms with E-state index in [1.807, 2.05) is 25.1 Å².